The summed E-state index contributed by atoms with van der Waals surface area (Å²) >= 11 is 0. The van der Waals surface area contributed by atoms with Gasteiger partial charge in [0, 0.05) is 5.56 Å². The number of rotatable bonds is 2. The molecule has 0 atom stereocenters. The topological polar surface area (TPSA) is 63.3 Å². The minimum absolute atomic E-state index is 0.0209. The van der Waals surface area contributed by atoms with Crippen LogP contribution in [0.25, 0.3) is 11.1 Å². The van der Waals surface area contributed by atoms with E-state index in [0.717, 1.165) is 5.56 Å². The third-order valence-corrected chi connectivity index (χ3v) is 2.70. The fourth-order valence-electron chi connectivity index (χ4n) is 1.76. The van der Waals surface area contributed by atoms with Crippen LogP contribution in [0.2, 0.25) is 0 Å². The minimum Gasteiger partial charge on any atom is -0.507 e. The molecular weight excluding hydrogens is 233 g/mol. The molecule has 3 N–H and O–H groups in total. The fraction of sp³-hybridized carbons (Fsp3) is 0.0714. The molecule has 2 rings (SSSR count). The first-order valence-corrected chi connectivity index (χ1v) is 5.38. The highest BCUT2D eigenvalue weighted by atomic mass is 19.1. The molecule has 2 aromatic carbocycles. The number of primary amides is 1. The van der Waals surface area contributed by atoms with Crippen molar-refractivity contribution < 1.29 is 14.3 Å². The van der Waals surface area contributed by atoms with Crippen molar-refractivity contribution in [2.75, 3.05) is 0 Å². The third-order valence-electron chi connectivity index (χ3n) is 2.70. The number of carbonyl (C=O) groups is 1. The van der Waals surface area contributed by atoms with Crippen molar-refractivity contribution in [3.63, 3.8) is 0 Å². The van der Waals surface area contributed by atoms with Crippen LogP contribution in [0.3, 0.4) is 0 Å². The summed E-state index contributed by atoms with van der Waals surface area (Å²) in [6.07, 6.45) is 0. The quantitative estimate of drug-likeness (QED) is 0.854. The Bertz CT molecular complexity index is 623. The maximum absolute atomic E-state index is 13.8. The standard InChI is InChI=1S/C14H12FNO2/c1-8-2-4-10(12(15)6-8)9-3-5-13(17)11(7-9)14(16)18/h2-7,17H,1H3,(H2,16,18). The van der Waals surface area contributed by atoms with Crippen LogP contribution in [0.5, 0.6) is 5.75 Å². The van der Waals surface area contributed by atoms with Crippen LogP contribution in [0, 0.1) is 12.7 Å². The van der Waals surface area contributed by atoms with Gasteiger partial charge in [0.15, 0.2) is 0 Å². The number of aromatic hydroxyl groups is 1. The predicted molar refractivity (Wildman–Crippen MR) is 66.8 cm³/mol. The molecule has 0 aromatic heterocycles. The van der Waals surface area contributed by atoms with Crippen molar-refractivity contribution in [2.45, 2.75) is 6.92 Å². The van der Waals surface area contributed by atoms with Crippen LogP contribution in [-0.2, 0) is 0 Å². The molecule has 0 aliphatic rings. The number of benzene rings is 2. The molecule has 92 valence electrons. The monoisotopic (exact) mass is 245 g/mol. The summed E-state index contributed by atoms with van der Waals surface area (Å²) in [4.78, 5) is 11.1. The predicted octanol–water partition coefficient (Wildman–Crippen LogP) is 2.61. The second-order valence-corrected chi connectivity index (χ2v) is 4.08. The lowest BCUT2D eigenvalue weighted by molar-refractivity contribution is 0.0998. The first kappa shape index (κ1) is 12.1. The van der Waals surface area contributed by atoms with Crippen molar-refractivity contribution in [2.24, 2.45) is 5.73 Å². The lowest BCUT2D eigenvalue weighted by Gasteiger charge is -2.07. The zero-order chi connectivity index (χ0) is 13.3. The van der Waals surface area contributed by atoms with Gasteiger partial charge in [-0.05, 0) is 36.2 Å². The number of hydrogen-bond acceptors (Lipinski definition) is 2. The lowest BCUT2D eigenvalue weighted by Crippen LogP contribution is -2.11. The Morgan fingerprint density at radius 2 is 1.94 bits per heavy atom. The Hall–Kier alpha value is -2.36. The molecular formula is C14H12FNO2. The first-order valence-electron chi connectivity index (χ1n) is 5.38. The average molecular weight is 245 g/mol. The molecule has 2 aromatic rings. The van der Waals surface area contributed by atoms with Crippen molar-refractivity contribution in [1.82, 2.24) is 0 Å². The summed E-state index contributed by atoms with van der Waals surface area (Å²) in [5, 5.41) is 9.47. The number of nitrogens with two attached hydrogens (primary N) is 1. The van der Waals surface area contributed by atoms with Gasteiger partial charge in [0.2, 0.25) is 0 Å². The molecule has 0 aliphatic carbocycles. The smallest absolute Gasteiger partial charge is 0.252 e. The molecule has 0 fully saturated rings. The zero-order valence-electron chi connectivity index (χ0n) is 9.77. The highest BCUT2D eigenvalue weighted by Gasteiger charge is 2.11. The molecule has 0 aliphatic heterocycles. The van der Waals surface area contributed by atoms with E-state index in [1.807, 2.05) is 0 Å². The first-order chi connectivity index (χ1) is 8.49. The molecule has 0 spiro atoms. The van der Waals surface area contributed by atoms with Gasteiger partial charge in [-0.3, -0.25) is 4.79 Å². The van der Waals surface area contributed by atoms with E-state index in [2.05, 4.69) is 0 Å². The van der Waals surface area contributed by atoms with Crippen LogP contribution >= 0.6 is 0 Å². The van der Waals surface area contributed by atoms with E-state index in [1.54, 1.807) is 19.1 Å². The Balaban J connectivity index is 2.58. The molecule has 0 bridgehead atoms. The highest BCUT2D eigenvalue weighted by Crippen LogP contribution is 2.28. The summed E-state index contributed by atoms with van der Waals surface area (Å²) in [7, 11) is 0. The van der Waals surface area contributed by atoms with E-state index in [0.29, 0.717) is 11.1 Å². The molecule has 0 saturated heterocycles. The van der Waals surface area contributed by atoms with Crippen LogP contribution in [-0.4, -0.2) is 11.0 Å². The van der Waals surface area contributed by atoms with Gasteiger partial charge in [-0.1, -0.05) is 18.2 Å². The minimum atomic E-state index is -0.748. The van der Waals surface area contributed by atoms with E-state index in [1.165, 1.54) is 24.3 Å². The van der Waals surface area contributed by atoms with Crippen molar-refractivity contribution in [3.8, 4) is 16.9 Å². The van der Waals surface area contributed by atoms with Crippen molar-refractivity contribution >= 4 is 5.91 Å². The van der Waals surface area contributed by atoms with E-state index < -0.39 is 5.91 Å². The maximum Gasteiger partial charge on any atom is 0.252 e. The van der Waals surface area contributed by atoms with Crippen LogP contribution < -0.4 is 5.73 Å². The Labute approximate surface area is 104 Å². The third kappa shape index (κ3) is 2.18. The van der Waals surface area contributed by atoms with E-state index in [-0.39, 0.29) is 17.1 Å². The molecule has 0 unspecified atom stereocenters. The molecule has 1 amide bonds. The Morgan fingerprint density at radius 3 is 2.56 bits per heavy atom. The summed E-state index contributed by atoms with van der Waals surface area (Å²) in [6, 6.07) is 9.05. The molecule has 0 heterocycles. The second-order valence-electron chi connectivity index (χ2n) is 4.08. The fourth-order valence-corrected chi connectivity index (χ4v) is 1.76. The second kappa shape index (κ2) is 4.49. The van der Waals surface area contributed by atoms with Crippen molar-refractivity contribution in [1.29, 1.82) is 0 Å². The molecule has 0 radical (unpaired) electrons. The van der Waals surface area contributed by atoms with Gasteiger partial charge in [0.25, 0.3) is 5.91 Å². The van der Waals surface area contributed by atoms with Gasteiger partial charge >= 0.3 is 0 Å². The van der Waals surface area contributed by atoms with Gasteiger partial charge in [-0.15, -0.1) is 0 Å². The Kier molecular flexibility index (Phi) is 3.02. The van der Waals surface area contributed by atoms with Crippen LogP contribution in [0.15, 0.2) is 36.4 Å². The van der Waals surface area contributed by atoms with Crippen LogP contribution in [0.4, 0.5) is 4.39 Å². The number of carbonyl (C=O) groups excluding carboxylic acids is 1. The van der Waals surface area contributed by atoms with E-state index >= 15 is 0 Å². The Morgan fingerprint density at radius 1 is 1.22 bits per heavy atom. The summed E-state index contributed by atoms with van der Waals surface area (Å²) in [5.74, 6) is -1.34. The van der Waals surface area contributed by atoms with Gasteiger partial charge in [-0.2, -0.15) is 0 Å². The molecule has 3 nitrogen and oxygen atoms in total. The van der Waals surface area contributed by atoms with E-state index in [9.17, 15) is 14.3 Å². The SMILES string of the molecule is Cc1ccc(-c2ccc(O)c(C(N)=O)c2)c(F)c1. The number of amides is 1. The number of phenols is 1. The van der Waals surface area contributed by atoms with Gasteiger partial charge in [0.05, 0.1) is 5.56 Å². The van der Waals surface area contributed by atoms with Crippen LogP contribution in [0.1, 0.15) is 15.9 Å². The lowest BCUT2D eigenvalue weighted by atomic mass is 10.0. The summed E-state index contributed by atoms with van der Waals surface area (Å²) in [5.41, 5.74) is 6.78. The van der Waals surface area contributed by atoms with E-state index in [4.69, 9.17) is 5.73 Å². The zero-order valence-corrected chi connectivity index (χ0v) is 9.77. The molecule has 4 heteroatoms. The molecule has 0 saturated carbocycles. The van der Waals surface area contributed by atoms with Gasteiger partial charge < -0.3 is 10.8 Å². The normalized spacial score (nSPS) is 10.3. The number of hydrogen-bond donors (Lipinski definition) is 2. The highest BCUT2D eigenvalue weighted by molar-refractivity contribution is 5.96. The number of halogens is 1. The molecule has 18 heavy (non-hydrogen) atoms. The maximum atomic E-state index is 13.8. The number of aryl methyl sites for hydroxylation is 1. The van der Waals surface area contributed by atoms with Gasteiger partial charge in [0.1, 0.15) is 11.6 Å². The van der Waals surface area contributed by atoms with Gasteiger partial charge in [-0.25, -0.2) is 4.39 Å². The average Bonchev–Trinajstić information content (AvgIpc) is 2.30. The summed E-state index contributed by atoms with van der Waals surface area (Å²) < 4.78 is 13.8. The van der Waals surface area contributed by atoms with Crippen molar-refractivity contribution in [3.05, 3.63) is 53.3 Å². The largest absolute Gasteiger partial charge is 0.507 e. The summed E-state index contributed by atoms with van der Waals surface area (Å²) in [6.45, 7) is 1.79.